The second-order valence-corrected chi connectivity index (χ2v) is 22.4. The van der Waals surface area contributed by atoms with Crippen molar-refractivity contribution in [2.24, 2.45) is 0 Å². The van der Waals surface area contributed by atoms with E-state index in [4.69, 9.17) is 4.18 Å². The lowest BCUT2D eigenvalue weighted by molar-refractivity contribution is -0.0499. The first-order valence-electron chi connectivity index (χ1n) is 25.0. The summed E-state index contributed by atoms with van der Waals surface area (Å²) in [5, 5.41) is 5.29. The van der Waals surface area contributed by atoms with E-state index in [0.29, 0.717) is 11.1 Å². The molecule has 0 unspecified atom stereocenters. The van der Waals surface area contributed by atoms with E-state index in [-0.39, 0.29) is 5.56 Å². The number of alkyl halides is 3. The molecule has 0 spiro atoms. The molecule has 0 radical (unpaired) electrons. The van der Waals surface area contributed by atoms with Crippen molar-refractivity contribution < 1.29 is 25.8 Å². The van der Waals surface area contributed by atoms with Crippen molar-refractivity contribution in [1.29, 1.82) is 0 Å². The molecule has 0 aliphatic heterocycles. The fourth-order valence-corrected chi connectivity index (χ4v) is 12.8. The van der Waals surface area contributed by atoms with E-state index in [2.05, 4.69) is 178 Å². The van der Waals surface area contributed by atoms with Gasteiger partial charge in [0.25, 0.3) is 0 Å². The molecule has 10 aromatic carbocycles. The molecule has 7 heteroatoms. The number of benzene rings is 10. The van der Waals surface area contributed by atoms with Crippen LogP contribution in [0.4, 0.5) is 13.2 Å². The molecular formula is C67H59F3O3S. The van der Waals surface area contributed by atoms with Crippen LogP contribution < -0.4 is 4.18 Å². The van der Waals surface area contributed by atoms with Crippen LogP contribution in [-0.2, 0) is 10.1 Å². The van der Waals surface area contributed by atoms with Gasteiger partial charge in [-0.3, -0.25) is 0 Å². The molecule has 0 aliphatic carbocycles. The highest BCUT2D eigenvalue weighted by Gasteiger charge is 2.49. The molecule has 74 heavy (non-hydrogen) atoms. The Morgan fingerprint density at radius 2 is 0.662 bits per heavy atom. The van der Waals surface area contributed by atoms with Gasteiger partial charge in [-0.25, -0.2) is 0 Å². The number of hydrogen-bond acceptors (Lipinski definition) is 3. The third-order valence-electron chi connectivity index (χ3n) is 14.9. The van der Waals surface area contributed by atoms with Gasteiger partial charge in [-0.1, -0.05) is 119 Å². The normalized spacial score (nSPS) is 12.1. The van der Waals surface area contributed by atoms with Gasteiger partial charge < -0.3 is 4.18 Å². The van der Waals surface area contributed by atoms with Crippen LogP contribution in [0.5, 0.6) is 5.75 Å². The van der Waals surface area contributed by atoms with Crippen LogP contribution in [-0.4, -0.2) is 13.9 Å². The number of rotatable bonds is 8. The minimum absolute atomic E-state index is 0.215. The van der Waals surface area contributed by atoms with E-state index in [1.165, 1.54) is 45.0 Å². The average Bonchev–Trinajstić information content (AvgIpc) is 3.29. The molecule has 0 amide bonds. The molecule has 0 bridgehead atoms. The molecule has 0 atom stereocenters. The summed E-state index contributed by atoms with van der Waals surface area (Å²) in [7, 11) is -6.09. The van der Waals surface area contributed by atoms with Gasteiger partial charge in [-0.05, 0) is 264 Å². The summed E-state index contributed by atoms with van der Waals surface area (Å²) in [5.41, 5.74) is 18.7. The lowest BCUT2D eigenvalue weighted by Crippen LogP contribution is -2.28. The van der Waals surface area contributed by atoms with E-state index in [0.717, 1.165) is 110 Å². The highest BCUT2D eigenvalue weighted by molar-refractivity contribution is 7.88. The van der Waals surface area contributed by atoms with Crippen molar-refractivity contribution in [3.05, 3.63) is 206 Å². The van der Waals surface area contributed by atoms with Crippen LogP contribution in [0.2, 0.25) is 0 Å². The van der Waals surface area contributed by atoms with Crippen molar-refractivity contribution in [2.45, 2.75) is 88.6 Å². The number of aryl methyl sites for hydroxylation is 12. The van der Waals surface area contributed by atoms with E-state index >= 15 is 0 Å². The molecule has 372 valence electrons. The van der Waals surface area contributed by atoms with E-state index < -0.39 is 21.4 Å². The van der Waals surface area contributed by atoms with Crippen LogP contribution in [0.1, 0.15) is 66.8 Å². The first-order chi connectivity index (χ1) is 35.0. The van der Waals surface area contributed by atoms with Crippen molar-refractivity contribution >= 4 is 42.4 Å². The third kappa shape index (κ3) is 8.85. The molecule has 0 N–H and O–H groups in total. The van der Waals surface area contributed by atoms with Gasteiger partial charge in [-0.15, -0.1) is 0 Å². The highest BCUT2D eigenvalue weighted by atomic mass is 32.2. The summed E-state index contributed by atoms with van der Waals surface area (Å²) < 4.78 is 74.6. The number of fused-ring (bicyclic) bond motifs is 5. The summed E-state index contributed by atoms with van der Waals surface area (Å²) >= 11 is 0. The standard InChI is InChI=1S/C67H59F3O3S/c1-36-22-40(5)63(41(6)23-36)49-15-13-14-48(30-49)55-34-58-54-20-17-51(65-44(9)26-38(3)27-45(65)10)32-57(54)60(35-59(58)53-19-16-50(31-56(53)55)64-42(7)24-37(2)25-43(64)8)61-33-52(66-46(11)28-39(4)29-47(66)12)18-21-62(61)73-74(71,72)67(68,69)70/h13-35H,1-12H3. The summed E-state index contributed by atoms with van der Waals surface area (Å²) in [6, 6.07) is 48.1. The van der Waals surface area contributed by atoms with Crippen molar-refractivity contribution in [2.75, 3.05) is 0 Å². The van der Waals surface area contributed by atoms with Gasteiger partial charge in [0.2, 0.25) is 0 Å². The highest BCUT2D eigenvalue weighted by Crippen LogP contribution is 2.48. The Morgan fingerprint density at radius 1 is 0.324 bits per heavy atom. The Morgan fingerprint density at radius 3 is 1.07 bits per heavy atom. The van der Waals surface area contributed by atoms with Gasteiger partial charge in [0.1, 0.15) is 0 Å². The zero-order valence-electron chi connectivity index (χ0n) is 44.0. The van der Waals surface area contributed by atoms with Crippen LogP contribution in [0.25, 0.3) is 99.1 Å². The van der Waals surface area contributed by atoms with Gasteiger partial charge in [-0.2, -0.15) is 21.6 Å². The predicted molar refractivity (Wildman–Crippen MR) is 304 cm³/mol. The van der Waals surface area contributed by atoms with E-state index in [1.54, 1.807) is 12.1 Å². The minimum Gasteiger partial charge on any atom is -0.375 e. The summed E-state index contributed by atoms with van der Waals surface area (Å²) in [6.07, 6.45) is 0. The predicted octanol–water partition coefficient (Wildman–Crippen LogP) is 19.1. The van der Waals surface area contributed by atoms with Crippen LogP contribution in [0.15, 0.2) is 140 Å². The largest absolute Gasteiger partial charge is 0.534 e. The molecule has 0 saturated carbocycles. The molecule has 3 nitrogen and oxygen atoms in total. The smallest absolute Gasteiger partial charge is 0.375 e. The lowest BCUT2D eigenvalue weighted by Gasteiger charge is -2.21. The van der Waals surface area contributed by atoms with Crippen LogP contribution in [0.3, 0.4) is 0 Å². The van der Waals surface area contributed by atoms with Crippen LogP contribution in [0, 0.1) is 83.1 Å². The van der Waals surface area contributed by atoms with Crippen molar-refractivity contribution in [1.82, 2.24) is 0 Å². The van der Waals surface area contributed by atoms with E-state index in [9.17, 15) is 21.6 Å². The van der Waals surface area contributed by atoms with Crippen LogP contribution >= 0.6 is 0 Å². The molecule has 10 rings (SSSR count). The molecule has 10 aromatic rings. The van der Waals surface area contributed by atoms with Gasteiger partial charge in [0.15, 0.2) is 5.75 Å². The number of hydrogen-bond donors (Lipinski definition) is 0. The summed E-state index contributed by atoms with van der Waals surface area (Å²) in [6.45, 7) is 25.1. The maximum atomic E-state index is 14.4. The van der Waals surface area contributed by atoms with E-state index in [1.807, 2.05) is 26.8 Å². The first kappa shape index (κ1) is 50.1. The first-order valence-corrected chi connectivity index (χ1v) is 26.4. The second-order valence-electron chi connectivity index (χ2n) is 20.8. The van der Waals surface area contributed by atoms with Crippen molar-refractivity contribution in [3.8, 4) is 72.5 Å². The molecule has 0 fully saturated rings. The molecule has 0 heterocycles. The lowest BCUT2D eigenvalue weighted by atomic mass is 9.83. The molecular weight excluding hydrogens is 942 g/mol. The molecule has 0 aromatic heterocycles. The summed E-state index contributed by atoms with van der Waals surface area (Å²) in [5.74, 6) is -0.422. The summed E-state index contributed by atoms with van der Waals surface area (Å²) in [4.78, 5) is 0. The maximum Gasteiger partial charge on any atom is 0.534 e. The molecule has 0 aliphatic rings. The quantitative estimate of drug-likeness (QED) is 0.0865. The average molecular weight is 1000 g/mol. The zero-order chi connectivity index (χ0) is 52.9. The maximum absolute atomic E-state index is 14.4. The number of halogens is 3. The monoisotopic (exact) mass is 1000 g/mol. The zero-order valence-corrected chi connectivity index (χ0v) is 44.9. The van der Waals surface area contributed by atoms with Gasteiger partial charge in [0, 0.05) is 5.56 Å². The third-order valence-corrected chi connectivity index (χ3v) is 15.8. The minimum atomic E-state index is -6.09. The van der Waals surface area contributed by atoms with Crippen molar-refractivity contribution in [3.63, 3.8) is 0 Å². The van der Waals surface area contributed by atoms with Gasteiger partial charge in [0.05, 0.1) is 0 Å². The molecule has 0 saturated heterocycles. The van der Waals surface area contributed by atoms with Gasteiger partial charge >= 0.3 is 15.6 Å². The second kappa shape index (κ2) is 18.5. The Kier molecular flexibility index (Phi) is 12.5. The fourth-order valence-electron chi connectivity index (χ4n) is 12.3. The Bertz CT molecular complexity index is 4030. The Labute approximate surface area is 433 Å². The topological polar surface area (TPSA) is 43.4 Å². The Hall–Kier alpha value is -7.48. The SMILES string of the molecule is Cc1cc(C)c(-c2cccc(-c3cc4c5ccc(-c6c(C)cc(C)cc6C)cc5c(-c5cc(-c6c(C)cc(C)cc6C)ccc5OS(=O)(=O)C(F)(F)F)cc4c4ccc(-c5c(C)cc(C)cc5C)cc34)c2)c(C)c1. The fraction of sp³-hybridized carbons (Fsp3) is 0.194. The Balaban J connectivity index is 1.36.